The molecule has 0 saturated heterocycles. The molecule has 6 heteroatoms. The predicted octanol–water partition coefficient (Wildman–Crippen LogP) is 1.19. The third-order valence-corrected chi connectivity index (χ3v) is 3.05. The minimum atomic E-state index is -0.765. The van der Waals surface area contributed by atoms with Crippen molar-refractivity contribution in [3.63, 3.8) is 0 Å². The molecule has 0 amide bonds. The summed E-state index contributed by atoms with van der Waals surface area (Å²) in [5, 5.41) is 17.1. The number of carbonyl (C=O) groups is 1. The average molecular weight is 233 g/mol. The molecule has 3 heterocycles. The molecule has 3 rings (SSSR count). The fraction of sp³-hybridized carbons (Fsp3) is 0.364. The van der Waals surface area contributed by atoms with Crippen LogP contribution >= 0.6 is 0 Å². The van der Waals surface area contributed by atoms with Gasteiger partial charge in [0.1, 0.15) is 5.82 Å². The van der Waals surface area contributed by atoms with Gasteiger partial charge in [-0.25, -0.2) is 0 Å². The number of nitrogens with zero attached hydrogens (tertiary/aromatic N) is 3. The molecule has 1 N–H and O–H groups in total. The van der Waals surface area contributed by atoms with Gasteiger partial charge in [0, 0.05) is 13.0 Å². The molecule has 1 unspecified atom stereocenters. The van der Waals surface area contributed by atoms with Crippen LogP contribution in [0.5, 0.6) is 0 Å². The highest BCUT2D eigenvalue weighted by molar-refractivity contribution is 5.70. The van der Waals surface area contributed by atoms with Crippen molar-refractivity contribution in [2.45, 2.75) is 19.4 Å². The fourth-order valence-electron chi connectivity index (χ4n) is 2.13. The van der Waals surface area contributed by atoms with E-state index in [0.29, 0.717) is 31.0 Å². The minimum Gasteiger partial charge on any atom is -0.481 e. The van der Waals surface area contributed by atoms with Gasteiger partial charge in [-0.3, -0.25) is 4.79 Å². The molecule has 1 aliphatic rings. The Morgan fingerprint density at radius 2 is 2.41 bits per heavy atom. The van der Waals surface area contributed by atoms with E-state index in [0.717, 1.165) is 5.82 Å². The molecule has 0 bridgehead atoms. The van der Waals surface area contributed by atoms with Gasteiger partial charge in [0.05, 0.1) is 12.2 Å². The lowest BCUT2D eigenvalue weighted by atomic mass is 9.98. The maximum atomic E-state index is 10.9. The first-order chi connectivity index (χ1) is 8.25. The van der Waals surface area contributed by atoms with E-state index in [9.17, 15) is 4.79 Å². The van der Waals surface area contributed by atoms with Crippen molar-refractivity contribution in [2.75, 3.05) is 0 Å². The first-order valence-corrected chi connectivity index (χ1v) is 5.44. The van der Waals surface area contributed by atoms with Gasteiger partial charge in [0.15, 0.2) is 11.6 Å². The number of carboxylic acids is 1. The molecule has 2 aromatic heterocycles. The molecule has 2 aromatic rings. The Hall–Kier alpha value is -2.11. The molecule has 0 spiro atoms. The van der Waals surface area contributed by atoms with Gasteiger partial charge in [0.2, 0.25) is 0 Å². The monoisotopic (exact) mass is 233 g/mol. The zero-order valence-electron chi connectivity index (χ0n) is 9.04. The molecular formula is C11H11N3O3. The Kier molecular flexibility index (Phi) is 2.21. The Morgan fingerprint density at radius 3 is 3.12 bits per heavy atom. The van der Waals surface area contributed by atoms with E-state index < -0.39 is 5.97 Å². The second kappa shape index (κ2) is 3.73. The maximum Gasteiger partial charge on any atom is 0.307 e. The summed E-state index contributed by atoms with van der Waals surface area (Å²) in [4.78, 5) is 10.9. The van der Waals surface area contributed by atoms with Crippen LogP contribution in [0, 0.1) is 5.92 Å². The molecule has 1 atom stereocenters. The molecule has 6 nitrogen and oxygen atoms in total. The van der Waals surface area contributed by atoms with Gasteiger partial charge in [0.25, 0.3) is 0 Å². The summed E-state index contributed by atoms with van der Waals surface area (Å²) in [5.41, 5.74) is 0. The van der Waals surface area contributed by atoms with Gasteiger partial charge < -0.3 is 14.1 Å². The summed E-state index contributed by atoms with van der Waals surface area (Å²) in [6.07, 6.45) is 2.62. The van der Waals surface area contributed by atoms with E-state index in [1.807, 2.05) is 10.6 Å². The van der Waals surface area contributed by atoms with Crippen LogP contribution in [0.3, 0.4) is 0 Å². The lowest BCUT2D eigenvalue weighted by Gasteiger charge is -2.19. The summed E-state index contributed by atoms with van der Waals surface area (Å²) >= 11 is 0. The number of carboxylic acid groups (broad SMARTS) is 1. The van der Waals surface area contributed by atoms with E-state index in [-0.39, 0.29) is 5.92 Å². The maximum absolute atomic E-state index is 10.9. The van der Waals surface area contributed by atoms with Crippen molar-refractivity contribution in [3.8, 4) is 11.6 Å². The number of hydrogen-bond acceptors (Lipinski definition) is 4. The third-order valence-electron chi connectivity index (χ3n) is 3.05. The van der Waals surface area contributed by atoms with Crippen molar-refractivity contribution < 1.29 is 14.3 Å². The standard InChI is InChI=1S/C11H11N3O3/c15-11(16)7-3-4-14-9(6-7)12-13-10(14)8-2-1-5-17-8/h1-2,5,7H,3-4,6H2,(H,15,16). The number of rotatable bonds is 2. The van der Waals surface area contributed by atoms with Crippen molar-refractivity contribution in [2.24, 2.45) is 5.92 Å². The quantitative estimate of drug-likeness (QED) is 0.842. The molecule has 0 radical (unpaired) electrons. The van der Waals surface area contributed by atoms with Crippen LogP contribution in [-0.2, 0) is 17.8 Å². The molecule has 0 saturated carbocycles. The van der Waals surface area contributed by atoms with Crippen molar-refractivity contribution in [3.05, 3.63) is 24.2 Å². The molecule has 0 fully saturated rings. The van der Waals surface area contributed by atoms with Gasteiger partial charge in [-0.15, -0.1) is 10.2 Å². The highest BCUT2D eigenvalue weighted by Crippen LogP contribution is 2.25. The summed E-state index contributed by atoms with van der Waals surface area (Å²) in [6, 6.07) is 3.61. The van der Waals surface area contributed by atoms with Gasteiger partial charge in [-0.2, -0.15) is 0 Å². The summed E-state index contributed by atoms with van der Waals surface area (Å²) in [7, 11) is 0. The number of hydrogen-bond donors (Lipinski definition) is 1. The van der Waals surface area contributed by atoms with Crippen LogP contribution in [0.1, 0.15) is 12.2 Å². The predicted molar refractivity (Wildman–Crippen MR) is 57.2 cm³/mol. The van der Waals surface area contributed by atoms with Crippen LogP contribution in [0.25, 0.3) is 11.6 Å². The van der Waals surface area contributed by atoms with Gasteiger partial charge >= 0.3 is 5.97 Å². The van der Waals surface area contributed by atoms with Crippen molar-refractivity contribution >= 4 is 5.97 Å². The molecule has 1 aliphatic heterocycles. The Morgan fingerprint density at radius 1 is 1.53 bits per heavy atom. The van der Waals surface area contributed by atoms with Crippen molar-refractivity contribution in [1.29, 1.82) is 0 Å². The van der Waals surface area contributed by atoms with E-state index in [1.165, 1.54) is 0 Å². The summed E-state index contributed by atoms with van der Waals surface area (Å²) in [6.45, 7) is 0.620. The van der Waals surface area contributed by atoms with E-state index >= 15 is 0 Å². The third kappa shape index (κ3) is 1.61. The topological polar surface area (TPSA) is 81.1 Å². The van der Waals surface area contributed by atoms with E-state index in [2.05, 4.69) is 10.2 Å². The van der Waals surface area contributed by atoms with Gasteiger partial charge in [-0.1, -0.05) is 0 Å². The SMILES string of the molecule is O=C(O)C1CCn2c(nnc2-c2ccco2)C1. The van der Waals surface area contributed by atoms with E-state index in [4.69, 9.17) is 9.52 Å². The number of aromatic nitrogens is 3. The van der Waals surface area contributed by atoms with Crippen LogP contribution < -0.4 is 0 Å². The van der Waals surface area contributed by atoms with Crippen LogP contribution in [0.2, 0.25) is 0 Å². The Balaban J connectivity index is 1.95. The lowest BCUT2D eigenvalue weighted by Crippen LogP contribution is -2.25. The smallest absolute Gasteiger partial charge is 0.307 e. The van der Waals surface area contributed by atoms with Crippen LogP contribution in [0.15, 0.2) is 22.8 Å². The second-order valence-corrected chi connectivity index (χ2v) is 4.10. The second-order valence-electron chi connectivity index (χ2n) is 4.10. The Bertz CT molecular complexity index is 544. The average Bonchev–Trinajstić information content (AvgIpc) is 2.96. The highest BCUT2D eigenvalue weighted by Gasteiger charge is 2.28. The minimum absolute atomic E-state index is 0.351. The number of aliphatic carboxylic acids is 1. The molecule has 88 valence electrons. The van der Waals surface area contributed by atoms with Crippen LogP contribution in [0.4, 0.5) is 0 Å². The first kappa shape index (κ1) is 10.1. The highest BCUT2D eigenvalue weighted by atomic mass is 16.4. The Labute approximate surface area is 96.9 Å². The molecule has 0 aliphatic carbocycles. The first-order valence-electron chi connectivity index (χ1n) is 5.44. The normalized spacial score (nSPS) is 18.9. The molecule has 0 aromatic carbocycles. The largest absolute Gasteiger partial charge is 0.481 e. The molecular weight excluding hydrogens is 222 g/mol. The van der Waals surface area contributed by atoms with Crippen molar-refractivity contribution in [1.82, 2.24) is 14.8 Å². The zero-order valence-corrected chi connectivity index (χ0v) is 9.04. The van der Waals surface area contributed by atoms with E-state index in [1.54, 1.807) is 12.3 Å². The summed E-state index contributed by atoms with van der Waals surface area (Å²) in [5.74, 6) is 0.941. The fourth-order valence-corrected chi connectivity index (χ4v) is 2.13. The zero-order chi connectivity index (χ0) is 11.8. The number of furan rings is 1. The number of fused-ring (bicyclic) bond motifs is 1. The lowest BCUT2D eigenvalue weighted by molar-refractivity contribution is -0.142. The van der Waals surface area contributed by atoms with Crippen LogP contribution in [-0.4, -0.2) is 25.8 Å². The summed E-state index contributed by atoms with van der Waals surface area (Å²) < 4.78 is 7.21. The van der Waals surface area contributed by atoms with Gasteiger partial charge in [-0.05, 0) is 18.6 Å². The molecule has 17 heavy (non-hydrogen) atoms.